The van der Waals surface area contributed by atoms with E-state index >= 15 is 0 Å². The van der Waals surface area contributed by atoms with E-state index in [-0.39, 0.29) is 23.9 Å². The van der Waals surface area contributed by atoms with Crippen molar-refractivity contribution < 1.29 is 9.59 Å². The first-order valence-corrected chi connectivity index (χ1v) is 12.8. The molecule has 4 nitrogen and oxygen atoms in total. The van der Waals surface area contributed by atoms with Gasteiger partial charge in [-0.15, -0.1) is 0 Å². The van der Waals surface area contributed by atoms with Gasteiger partial charge >= 0.3 is 0 Å². The van der Waals surface area contributed by atoms with Crippen LogP contribution in [0.5, 0.6) is 0 Å². The van der Waals surface area contributed by atoms with Crippen LogP contribution >= 0.6 is 0 Å². The molecular formula is C28H38N2O2. The molecule has 0 unspecified atom stereocenters. The van der Waals surface area contributed by atoms with Crippen LogP contribution in [0, 0.1) is 0 Å². The largest absolute Gasteiger partial charge is 0.349 e. The Bertz CT molecular complexity index is 832. The van der Waals surface area contributed by atoms with Gasteiger partial charge in [0.25, 0.3) is 11.8 Å². The summed E-state index contributed by atoms with van der Waals surface area (Å²) in [6.07, 6.45) is 16.9. The first-order chi connectivity index (χ1) is 15.7. The first-order valence-electron chi connectivity index (χ1n) is 12.8. The summed E-state index contributed by atoms with van der Waals surface area (Å²) in [7, 11) is 0. The third kappa shape index (κ3) is 6.34. The quantitative estimate of drug-likeness (QED) is 0.575. The highest BCUT2D eigenvalue weighted by atomic mass is 16.2. The molecule has 2 saturated carbocycles. The fourth-order valence-corrected chi connectivity index (χ4v) is 5.27. The molecular weight excluding hydrogens is 396 g/mol. The summed E-state index contributed by atoms with van der Waals surface area (Å²) in [5.41, 5.74) is 1.40. The Morgan fingerprint density at radius 2 is 0.875 bits per heavy atom. The summed E-state index contributed by atoms with van der Waals surface area (Å²) in [5.74, 6) is 0.0344. The number of rotatable bonds is 4. The number of benzene rings is 2. The Balaban J connectivity index is 1.40. The molecule has 2 aliphatic rings. The van der Waals surface area contributed by atoms with Gasteiger partial charge < -0.3 is 10.6 Å². The van der Waals surface area contributed by atoms with Crippen LogP contribution in [0.15, 0.2) is 36.4 Å². The summed E-state index contributed by atoms with van der Waals surface area (Å²) >= 11 is 0. The van der Waals surface area contributed by atoms with E-state index in [0.29, 0.717) is 11.1 Å². The van der Waals surface area contributed by atoms with Crippen molar-refractivity contribution in [3.63, 3.8) is 0 Å². The van der Waals surface area contributed by atoms with Crippen LogP contribution < -0.4 is 10.6 Å². The first kappa shape index (κ1) is 22.8. The summed E-state index contributed by atoms with van der Waals surface area (Å²) < 4.78 is 0. The van der Waals surface area contributed by atoms with E-state index in [9.17, 15) is 9.59 Å². The molecule has 0 spiro atoms. The lowest BCUT2D eigenvalue weighted by molar-refractivity contribution is 0.0922. The average Bonchev–Trinajstić information content (AvgIpc) is 2.76. The van der Waals surface area contributed by atoms with Gasteiger partial charge in [0.05, 0.1) is 0 Å². The number of hydrogen-bond donors (Lipinski definition) is 2. The van der Waals surface area contributed by atoms with Gasteiger partial charge in [0.15, 0.2) is 0 Å². The van der Waals surface area contributed by atoms with Gasteiger partial charge in [0, 0.05) is 23.2 Å². The lowest BCUT2D eigenvalue weighted by atomic mass is 9.96. The number of hydrogen-bond acceptors (Lipinski definition) is 2. The molecule has 2 fully saturated rings. The van der Waals surface area contributed by atoms with Crippen LogP contribution in [0.2, 0.25) is 0 Å². The Morgan fingerprint density at radius 1 is 0.531 bits per heavy atom. The fraction of sp³-hybridized carbons (Fsp3) is 0.571. The van der Waals surface area contributed by atoms with Crippen molar-refractivity contribution in [2.45, 2.75) is 102 Å². The third-order valence-corrected chi connectivity index (χ3v) is 7.25. The monoisotopic (exact) mass is 434 g/mol. The molecule has 2 aromatic carbocycles. The molecule has 0 saturated heterocycles. The highest BCUT2D eigenvalue weighted by Gasteiger charge is 2.17. The smallest absolute Gasteiger partial charge is 0.251 e. The number of carbonyl (C=O) groups is 2. The maximum Gasteiger partial charge on any atom is 0.251 e. The molecule has 0 aliphatic heterocycles. The molecule has 0 heterocycles. The van der Waals surface area contributed by atoms with E-state index in [0.717, 1.165) is 36.5 Å². The van der Waals surface area contributed by atoms with Crippen LogP contribution in [0.25, 0.3) is 10.8 Å². The zero-order valence-electron chi connectivity index (χ0n) is 19.3. The Morgan fingerprint density at radius 3 is 1.25 bits per heavy atom. The summed E-state index contributed by atoms with van der Waals surface area (Å²) in [6.45, 7) is 0. The highest BCUT2D eigenvalue weighted by molar-refractivity contribution is 6.02. The topological polar surface area (TPSA) is 58.2 Å². The zero-order chi connectivity index (χ0) is 22.2. The Hall–Kier alpha value is -2.36. The second-order valence-corrected chi connectivity index (χ2v) is 9.81. The summed E-state index contributed by atoms with van der Waals surface area (Å²) in [6, 6.07) is 12.2. The van der Waals surface area contributed by atoms with Crippen LogP contribution in [0.3, 0.4) is 0 Å². The molecule has 2 N–H and O–H groups in total. The molecule has 2 aromatic rings. The predicted molar refractivity (Wildman–Crippen MR) is 131 cm³/mol. The molecule has 4 rings (SSSR count). The molecule has 172 valence electrons. The SMILES string of the molecule is O=C(NC1CCCCCCC1)c1ccc2cc(C(=O)NC3CCCCCCC3)ccc2c1. The second-order valence-electron chi connectivity index (χ2n) is 9.81. The minimum atomic E-state index is 0.0172. The van der Waals surface area contributed by atoms with Crippen molar-refractivity contribution in [1.29, 1.82) is 0 Å². The Kier molecular flexibility index (Phi) is 8.19. The molecule has 0 atom stereocenters. The van der Waals surface area contributed by atoms with Crippen molar-refractivity contribution >= 4 is 22.6 Å². The number of nitrogens with one attached hydrogen (secondary N) is 2. The zero-order valence-corrected chi connectivity index (χ0v) is 19.3. The normalized spacial score (nSPS) is 19.4. The standard InChI is InChI=1S/C28H38N2O2/c31-27(29-25-11-7-3-1-4-8-12-25)23-17-15-22-20-24(18-16-21(22)19-23)28(32)30-26-13-9-5-2-6-10-14-26/h15-20,25-26H,1-14H2,(H,29,31)(H,30,32). The molecule has 32 heavy (non-hydrogen) atoms. The predicted octanol–water partition coefficient (Wildman–Crippen LogP) is 6.53. The van der Waals surface area contributed by atoms with Crippen molar-refractivity contribution in [2.24, 2.45) is 0 Å². The van der Waals surface area contributed by atoms with Gasteiger partial charge in [-0.1, -0.05) is 76.3 Å². The maximum atomic E-state index is 12.8. The molecule has 4 heteroatoms. The van der Waals surface area contributed by atoms with Crippen LogP contribution in [0.1, 0.15) is 111 Å². The van der Waals surface area contributed by atoms with Crippen LogP contribution in [-0.2, 0) is 0 Å². The highest BCUT2D eigenvalue weighted by Crippen LogP contribution is 2.22. The van der Waals surface area contributed by atoms with Crippen molar-refractivity contribution in [3.05, 3.63) is 47.5 Å². The van der Waals surface area contributed by atoms with E-state index in [1.165, 1.54) is 64.2 Å². The van der Waals surface area contributed by atoms with E-state index in [2.05, 4.69) is 10.6 Å². The van der Waals surface area contributed by atoms with Gasteiger partial charge in [-0.2, -0.15) is 0 Å². The molecule has 2 aliphatic carbocycles. The van der Waals surface area contributed by atoms with E-state index < -0.39 is 0 Å². The van der Waals surface area contributed by atoms with Gasteiger partial charge in [-0.3, -0.25) is 9.59 Å². The van der Waals surface area contributed by atoms with Gasteiger partial charge in [-0.05, 0) is 60.7 Å². The average molecular weight is 435 g/mol. The van der Waals surface area contributed by atoms with Crippen LogP contribution in [-0.4, -0.2) is 23.9 Å². The number of fused-ring (bicyclic) bond motifs is 1. The maximum absolute atomic E-state index is 12.8. The number of carbonyl (C=O) groups excluding carboxylic acids is 2. The molecule has 2 amide bonds. The van der Waals surface area contributed by atoms with Crippen molar-refractivity contribution in [2.75, 3.05) is 0 Å². The van der Waals surface area contributed by atoms with Gasteiger partial charge in [0.1, 0.15) is 0 Å². The van der Waals surface area contributed by atoms with E-state index in [4.69, 9.17) is 0 Å². The summed E-state index contributed by atoms with van der Waals surface area (Å²) in [5, 5.41) is 8.49. The lowest BCUT2D eigenvalue weighted by Gasteiger charge is -2.21. The van der Waals surface area contributed by atoms with Crippen molar-refractivity contribution in [3.8, 4) is 0 Å². The molecule has 0 radical (unpaired) electrons. The second kappa shape index (κ2) is 11.5. The van der Waals surface area contributed by atoms with Crippen LogP contribution in [0.4, 0.5) is 0 Å². The summed E-state index contributed by atoms with van der Waals surface area (Å²) in [4.78, 5) is 25.7. The van der Waals surface area contributed by atoms with Gasteiger partial charge in [0.2, 0.25) is 0 Å². The Labute approximate surface area is 192 Å². The minimum absolute atomic E-state index is 0.0172. The fourth-order valence-electron chi connectivity index (χ4n) is 5.27. The van der Waals surface area contributed by atoms with E-state index in [1.54, 1.807) is 0 Å². The van der Waals surface area contributed by atoms with E-state index in [1.807, 2.05) is 36.4 Å². The van der Waals surface area contributed by atoms with Crippen molar-refractivity contribution in [1.82, 2.24) is 10.6 Å². The molecule has 0 aromatic heterocycles. The minimum Gasteiger partial charge on any atom is -0.349 e. The molecule has 0 bridgehead atoms. The third-order valence-electron chi connectivity index (χ3n) is 7.25. The van der Waals surface area contributed by atoms with Gasteiger partial charge in [-0.25, -0.2) is 0 Å². The number of amides is 2. The lowest BCUT2D eigenvalue weighted by Crippen LogP contribution is -2.35.